The molecule has 0 radical (unpaired) electrons. The summed E-state index contributed by atoms with van der Waals surface area (Å²) in [5.41, 5.74) is 9.52. The lowest BCUT2D eigenvalue weighted by molar-refractivity contribution is 1.18. The Kier molecular flexibility index (Phi) is 4.55. The zero-order valence-corrected chi connectivity index (χ0v) is 14.1. The van der Waals surface area contributed by atoms with Crippen molar-refractivity contribution in [2.75, 3.05) is 0 Å². The monoisotopic (exact) mass is 294 g/mol. The van der Waals surface area contributed by atoms with Gasteiger partial charge in [0.25, 0.3) is 0 Å². The average Bonchev–Trinajstić information content (AvgIpc) is 2.36. The van der Waals surface area contributed by atoms with E-state index in [9.17, 15) is 4.91 Å². The van der Waals surface area contributed by atoms with Crippen molar-refractivity contribution >= 4 is 5.71 Å². The predicted molar refractivity (Wildman–Crippen MR) is 92.7 cm³/mol. The summed E-state index contributed by atoms with van der Waals surface area (Å²) in [7, 11) is 0. The van der Waals surface area contributed by atoms with Gasteiger partial charge in [0.05, 0.1) is 5.29 Å². The molecule has 0 heterocycles. The highest BCUT2D eigenvalue weighted by Gasteiger charge is 2.18. The Balaban J connectivity index is 2.79. The van der Waals surface area contributed by atoms with Crippen molar-refractivity contribution in [2.24, 2.45) is 10.4 Å². The third kappa shape index (κ3) is 2.98. The number of rotatable bonds is 3. The standard InChI is InChI=1S/C19H22N2O/c1-11-7-13(3)17(14(4)8-11)19(20-21-22)18-15(5)9-12(2)10-16(18)6/h7-10H,1-6H3. The highest BCUT2D eigenvalue weighted by Crippen LogP contribution is 2.26. The summed E-state index contributed by atoms with van der Waals surface area (Å²) in [6.45, 7) is 12.3. The van der Waals surface area contributed by atoms with E-state index in [1.54, 1.807) is 0 Å². The van der Waals surface area contributed by atoms with Crippen LogP contribution < -0.4 is 0 Å². The van der Waals surface area contributed by atoms with E-state index in [4.69, 9.17) is 0 Å². The van der Waals surface area contributed by atoms with Gasteiger partial charge in [-0.15, -0.1) is 10.0 Å². The molecule has 0 saturated heterocycles. The van der Waals surface area contributed by atoms with E-state index in [2.05, 4.69) is 76.2 Å². The molecule has 3 heteroatoms. The number of benzene rings is 2. The summed E-state index contributed by atoms with van der Waals surface area (Å²) < 4.78 is 0. The van der Waals surface area contributed by atoms with Crippen LogP contribution in [0.3, 0.4) is 0 Å². The fraction of sp³-hybridized carbons (Fsp3) is 0.316. The van der Waals surface area contributed by atoms with Crippen LogP contribution in [0.2, 0.25) is 0 Å². The van der Waals surface area contributed by atoms with Crippen molar-refractivity contribution in [1.82, 2.24) is 0 Å². The van der Waals surface area contributed by atoms with Crippen LogP contribution in [0.4, 0.5) is 0 Å². The summed E-state index contributed by atoms with van der Waals surface area (Å²) in [6, 6.07) is 8.45. The molecule has 0 saturated carbocycles. The van der Waals surface area contributed by atoms with Gasteiger partial charge in [0.2, 0.25) is 0 Å². The second kappa shape index (κ2) is 6.22. The molecular weight excluding hydrogens is 272 g/mol. The van der Waals surface area contributed by atoms with Crippen LogP contribution in [0.5, 0.6) is 0 Å². The third-order valence-corrected chi connectivity index (χ3v) is 3.97. The minimum atomic E-state index is 0.667. The topological polar surface area (TPSA) is 41.8 Å². The molecule has 2 aromatic rings. The van der Waals surface area contributed by atoms with Gasteiger partial charge in [-0.1, -0.05) is 35.4 Å². The minimum Gasteiger partial charge on any atom is -0.123 e. The van der Waals surface area contributed by atoms with Crippen LogP contribution >= 0.6 is 0 Å². The van der Waals surface area contributed by atoms with Crippen LogP contribution in [0.1, 0.15) is 44.5 Å². The molecule has 0 unspecified atom stereocenters. The average molecular weight is 294 g/mol. The van der Waals surface area contributed by atoms with Crippen molar-refractivity contribution in [3.63, 3.8) is 0 Å². The van der Waals surface area contributed by atoms with Gasteiger partial charge in [0.1, 0.15) is 5.71 Å². The molecule has 0 amide bonds. The highest BCUT2D eigenvalue weighted by atomic mass is 16.3. The number of aryl methyl sites for hydroxylation is 6. The predicted octanol–water partition coefficient (Wildman–Crippen LogP) is 5.06. The summed E-state index contributed by atoms with van der Waals surface area (Å²) >= 11 is 0. The van der Waals surface area contributed by atoms with Crippen molar-refractivity contribution in [1.29, 1.82) is 0 Å². The Labute approximate surface area is 132 Å². The normalized spacial score (nSPS) is 10.5. The number of hydrogen-bond acceptors (Lipinski definition) is 2. The fourth-order valence-corrected chi connectivity index (χ4v) is 3.37. The third-order valence-electron chi connectivity index (χ3n) is 3.97. The molecule has 0 bridgehead atoms. The molecule has 2 rings (SSSR count). The Bertz CT molecular complexity index is 667. The van der Waals surface area contributed by atoms with E-state index >= 15 is 0 Å². The Morgan fingerprint density at radius 1 is 0.682 bits per heavy atom. The summed E-state index contributed by atoms with van der Waals surface area (Å²) in [6.07, 6.45) is 0. The van der Waals surface area contributed by atoms with Crippen molar-refractivity contribution in [3.8, 4) is 0 Å². The molecule has 3 nitrogen and oxygen atoms in total. The maximum atomic E-state index is 10.9. The van der Waals surface area contributed by atoms with Gasteiger partial charge in [-0.05, 0) is 63.8 Å². The Hall–Kier alpha value is -2.29. The van der Waals surface area contributed by atoms with Crippen LogP contribution in [-0.2, 0) is 0 Å². The molecule has 0 aliphatic carbocycles. The SMILES string of the molecule is Cc1cc(C)c(C(=NN=O)c2c(C)cc(C)cc2C)c(C)c1. The maximum Gasteiger partial charge on any atom is 0.105 e. The maximum absolute atomic E-state index is 10.9. The van der Waals surface area contributed by atoms with E-state index in [-0.39, 0.29) is 0 Å². The molecule has 0 aliphatic rings. The van der Waals surface area contributed by atoms with Crippen LogP contribution in [0.15, 0.2) is 34.7 Å². The summed E-state index contributed by atoms with van der Waals surface area (Å²) in [4.78, 5) is 10.9. The first-order valence-electron chi connectivity index (χ1n) is 7.42. The lowest BCUT2D eigenvalue weighted by atomic mass is 9.88. The first kappa shape index (κ1) is 16.1. The quantitative estimate of drug-likeness (QED) is 0.443. The van der Waals surface area contributed by atoms with E-state index in [1.165, 1.54) is 11.1 Å². The zero-order chi connectivity index (χ0) is 16.4. The first-order chi connectivity index (χ1) is 10.3. The molecule has 0 spiro atoms. The molecule has 0 N–H and O–H groups in total. The van der Waals surface area contributed by atoms with Gasteiger partial charge in [-0.2, -0.15) is 0 Å². The van der Waals surface area contributed by atoms with Crippen molar-refractivity contribution < 1.29 is 0 Å². The summed E-state index contributed by atoms with van der Waals surface area (Å²) in [5, 5.41) is 6.79. The van der Waals surface area contributed by atoms with Gasteiger partial charge in [0.15, 0.2) is 0 Å². The van der Waals surface area contributed by atoms with E-state index in [1.807, 2.05) is 0 Å². The van der Waals surface area contributed by atoms with Crippen molar-refractivity contribution in [2.45, 2.75) is 41.5 Å². The smallest absolute Gasteiger partial charge is 0.105 e. The Morgan fingerprint density at radius 3 is 1.27 bits per heavy atom. The Morgan fingerprint density at radius 2 is 1.00 bits per heavy atom. The minimum absolute atomic E-state index is 0.667. The van der Waals surface area contributed by atoms with E-state index in [0.717, 1.165) is 33.4 Å². The van der Waals surface area contributed by atoms with Crippen LogP contribution in [-0.4, -0.2) is 5.71 Å². The molecule has 2 aromatic carbocycles. The molecule has 114 valence electrons. The molecule has 0 aromatic heterocycles. The number of nitrogens with zero attached hydrogens (tertiary/aromatic N) is 2. The molecule has 0 aliphatic heterocycles. The van der Waals surface area contributed by atoms with Gasteiger partial charge in [-0.25, -0.2) is 0 Å². The van der Waals surface area contributed by atoms with E-state index < -0.39 is 0 Å². The van der Waals surface area contributed by atoms with Gasteiger partial charge >= 0.3 is 0 Å². The molecular formula is C19H22N2O. The van der Waals surface area contributed by atoms with Crippen LogP contribution in [0, 0.1) is 46.4 Å². The summed E-state index contributed by atoms with van der Waals surface area (Å²) in [5.74, 6) is 0. The van der Waals surface area contributed by atoms with Crippen molar-refractivity contribution in [3.05, 3.63) is 73.7 Å². The lowest BCUT2D eigenvalue weighted by Crippen LogP contribution is -2.12. The molecule has 0 atom stereocenters. The lowest BCUT2D eigenvalue weighted by Gasteiger charge is -2.17. The first-order valence-corrected chi connectivity index (χ1v) is 7.42. The van der Waals surface area contributed by atoms with Gasteiger partial charge in [0, 0.05) is 11.1 Å². The second-order valence-electron chi connectivity index (χ2n) is 6.08. The van der Waals surface area contributed by atoms with Gasteiger partial charge < -0.3 is 0 Å². The highest BCUT2D eigenvalue weighted by molar-refractivity contribution is 6.16. The number of nitroso groups, excluding NO2 is 1. The number of hydrogen-bond donors (Lipinski definition) is 0. The van der Waals surface area contributed by atoms with Crippen LogP contribution in [0.25, 0.3) is 0 Å². The second-order valence-corrected chi connectivity index (χ2v) is 6.08. The zero-order valence-electron chi connectivity index (χ0n) is 14.1. The molecule has 22 heavy (non-hydrogen) atoms. The molecule has 0 fully saturated rings. The van der Waals surface area contributed by atoms with Gasteiger partial charge in [-0.3, -0.25) is 0 Å². The fourth-order valence-electron chi connectivity index (χ4n) is 3.37. The largest absolute Gasteiger partial charge is 0.123 e. The van der Waals surface area contributed by atoms with E-state index in [0.29, 0.717) is 5.71 Å².